The summed E-state index contributed by atoms with van der Waals surface area (Å²) in [5.74, 6) is 1.58. The molecule has 0 saturated carbocycles. The zero-order chi connectivity index (χ0) is 22.0. The van der Waals surface area contributed by atoms with Crippen molar-refractivity contribution in [3.8, 4) is 23.2 Å². The molecule has 1 aromatic carbocycles. The van der Waals surface area contributed by atoms with Gasteiger partial charge in [0.15, 0.2) is 5.76 Å². The lowest BCUT2D eigenvalue weighted by molar-refractivity contribution is -0.0447. The Morgan fingerprint density at radius 2 is 2.06 bits per heavy atom. The maximum atomic E-state index is 13.9. The van der Waals surface area contributed by atoms with Gasteiger partial charge in [-0.05, 0) is 51.0 Å². The molecule has 0 bridgehead atoms. The quantitative estimate of drug-likeness (QED) is 0.400. The number of aryl methyl sites for hydroxylation is 1. The number of rotatable bonds is 3. The number of benzene rings is 1. The first-order valence-electron chi connectivity index (χ1n) is 10.2. The fourth-order valence-electron chi connectivity index (χ4n) is 4.39. The van der Waals surface area contributed by atoms with Crippen LogP contribution in [0.15, 0.2) is 50.4 Å². The van der Waals surface area contributed by atoms with Crippen molar-refractivity contribution < 1.29 is 13.7 Å². The predicted molar refractivity (Wildman–Crippen MR) is 117 cm³/mol. The Hall–Kier alpha value is -3.43. The van der Waals surface area contributed by atoms with E-state index in [4.69, 9.17) is 25.3 Å². The highest BCUT2D eigenvalue weighted by Gasteiger charge is 2.36. The Labute approximate surface area is 186 Å². The van der Waals surface area contributed by atoms with Crippen molar-refractivity contribution >= 4 is 28.2 Å². The molecule has 5 aromatic rings. The number of halogens is 1. The second kappa shape index (κ2) is 6.78. The zero-order valence-electron chi connectivity index (χ0n) is 17.3. The van der Waals surface area contributed by atoms with Gasteiger partial charge in [-0.2, -0.15) is 4.98 Å². The van der Waals surface area contributed by atoms with Crippen molar-refractivity contribution in [1.82, 2.24) is 24.1 Å². The molecule has 5 heterocycles. The molecular weight excluding hydrogens is 434 g/mol. The molecule has 1 unspecified atom stereocenters. The van der Waals surface area contributed by atoms with Gasteiger partial charge in [0.2, 0.25) is 5.82 Å². The van der Waals surface area contributed by atoms with Crippen LogP contribution >= 0.6 is 11.6 Å². The van der Waals surface area contributed by atoms with E-state index in [2.05, 4.69) is 15.1 Å². The molecule has 0 amide bonds. The van der Waals surface area contributed by atoms with Crippen molar-refractivity contribution in [3.63, 3.8) is 0 Å². The monoisotopic (exact) mass is 451 g/mol. The highest BCUT2D eigenvalue weighted by Crippen LogP contribution is 2.35. The third kappa shape index (κ3) is 2.68. The Balaban J connectivity index is 1.65. The molecule has 1 atom stereocenters. The van der Waals surface area contributed by atoms with E-state index in [1.54, 1.807) is 27.4 Å². The van der Waals surface area contributed by atoms with Crippen LogP contribution in [0.1, 0.15) is 25.5 Å². The van der Waals surface area contributed by atoms with Crippen LogP contribution in [0.3, 0.4) is 0 Å². The fraction of sp³-hybridized carbons (Fsp3) is 0.273. The number of para-hydroxylation sites is 1. The van der Waals surface area contributed by atoms with Gasteiger partial charge in [0.1, 0.15) is 29.0 Å². The summed E-state index contributed by atoms with van der Waals surface area (Å²) in [4.78, 5) is 22.8. The number of nitrogens with zero attached hydrogens (tertiary/aromatic N) is 5. The van der Waals surface area contributed by atoms with Gasteiger partial charge < -0.3 is 13.7 Å². The zero-order valence-corrected chi connectivity index (χ0v) is 18.1. The molecule has 0 N–H and O–H groups in total. The second-order valence-electron chi connectivity index (χ2n) is 8.02. The summed E-state index contributed by atoms with van der Waals surface area (Å²) in [5, 5.41) is 4.51. The summed E-state index contributed by atoms with van der Waals surface area (Å²) in [6.07, 6.45) is 3.11. The molecule has 1 aliphatic heterocycles. The first-order valence-corrected chi connectivity index (χ1v) is 10.6. The van der Waals surface area contributed by atoms with Gasteiger partial charge in [-0.25, -0.2) is 4.98 Å². The normalized spacial score (nSPS) is 18.8. The summed E-state index contributed by atoms with van der Waals surface area (Å²) in [6.45, 7) is 4.30. The number of hydrogen-bond acceptors (Lipinski definition) is 7. The largest absolute Gasteiger partial charge is 0.456 e. The first kappa shape index (κ1) is 19.3. The van der Waals surface area contributed by atoms with E-state index in [1.165, 1.54) is 0 Å². The van der Waals surface area contributed by atoms with Crippen LogP contribution in [0.2, 0.25) is 5.02 Å². The van der Waals surface area contributed by atoms with Gasteiger partial charge in [-0.1, -0.05) is 22.8 Å². The molecule has 6 rings (SSSR count). The first-order chi connectivity index (χ1) is 15.5. The van der Waals surface area contributed by atoms with Gasteiger partial charge in [-0.15, -0.1) is 0 Å². The lowest BCUT2D eigenvalue weighted by atomic mass is 10.1. The number of ether oxygens (including phenoxy) is 1. The summed E-state index contributed by atoms with van der Waals surface area (Å²) >= 11 is 6.57. The Morgan fingerprint density at radius 3 is 2.81 bits per heavy atom. The number of aromatic nitrogens is 5. The van der Waals surface area contributed by atoms with Crippen LogP contribution in [0.4, 0.5) is 0 Å². The van der Waals surface area contributed by atoms with E-state index < -0.39 is 5.72 Å². The van der Waals surface area contributed by atoms with Crippen LogP contribution in [0, 0.1) is 6.92 Å². The minimum absolute atomic E-state index is 0.194. The van der Waals surface area contributed by atoms with Crippen LogP contribution < -0.4 is 5.56 Å². The molecule has 0 aliphatic carbocycles. The Morgan fingerprint density at radius 1 is 1.19 bits per heavy atom. The van der Waals surface area contributed by atoms with Crippen LogP contribution in [0.25, 0.3) is 39.7 Å². The lowest BCUT2D eigenvalue weighted by Gasteiger charge is -2.28. The predicted octanol–water partition coefficient (Wildman–Crippen LogP) is 4.40. The number of furan rings is 1. The van der Waals surface area contributed by atoms with Crippen LogP contribution in [0.5, 0.6) is 0 Å². The second-order valence-corrected chi connectivity index (χ2v) is 8.43. The van der Waals surface area contributed by atoms with Gasteiger partial charge in [-0.3, -0.25) is 13.8 Å². The summed E-state index contributed by atoms with van der Waals surface area (Å²) in [7, 11) is 0. The van der Waals surface area contributed by atoms with Crippen molar-refractivity contribution in [2.24, 2.45) is 0 Å². The van der Waals surface area contributed by atoms with Crippen molar-refractivity contribution in [3.05, 3.63) is 57.8 Å². The fourth-order valence-corrected chi connectivity index (χ4v) is 4.64. The standard InChI is InChI=1S/C22H18ClN5O4/c1-12-7-8-15(31-12)20-25-19(26-32-20)16-18-21(29)28(22(2)9-4-10-30-22)17-13(23)5-3-6-14(17)27(18)11-24-16/h3,5-8,11H,4,9-10H2,1-2H3. The van der Waals surface area contributed by atoms with Gasteiger partial charge in [0.05, 0.1) is 16.1 Å². The Bertz CT molecular complexity index is 1550. The summed E-state index contributed by atoms with van der Waals surface area (Å²) in [6, 6.07) is 9.04. The molecule has 0 radical (unpaired) electrons. The minimum atomic E-state index is -0.822. The van der Waals surface area contributed by atoms with E-state index in [0.29, 0.717) is 40.5 Å². The van der Waals surface area contributed by atoms with E-state index in [-0.39, 0.29) is 17.3 Å². The van der Waals surface area contributed by atoms with Crippen LogP contribution in [-0.4, -0.2) is 30.7 Å². The van der Waals surface area contributed by atoms with Gasteiger partial charge in [0, 0.05) is 6.61 Å². The van der Waals surface area contributed by atoms with Crippen molar-refractivity contribution in [2.75, 3.05) is 6.61 Å². The van der Waals surface area contributed by atoms with E-state index in [0.717, 1.165) is 17.7 Å². The van der Waals surface area contributed by atoms with Gasteiger partial charge >= 0.3 is 0 Å². The van der Waals surface area contributed by atoms with Gasteiger partial charge in [0.25, 0.3) is 11.4 Å². The molecular formula is C22H18ClN5O4. The average Bonchev–Trinajstić information content (AvgIpc) is 3.55. The summed E-state index contributed by atoms with van der Waals surface area (Å²) < 4.78 is 20.3. The van der Waals surface area contributed by atoms with Crippen molar-refractivity contribution in [1.29, 1.82) is 0 Å². The molecule has 32 heavy (non-hydrogen) atoms. The van der Waals surface area contributed by atoms with E-state index >= 15 is 0 Å². The molecule has 1 saturated heterocycles. The summed E-state index contributed by atoms with van der Waals surface area (Å²) in [5.41, 5.74) is 0.845. The minimum Gasteiger partial charge on any atom is -0.456 e. The highest BCUT2D eigenvalue weighted by molar-refractivity contribution is 6.35. The smallest absolute Gasteiger partial charge is 0.293 e. The number of fused-ring (bicyclic) bond motifs is 3. The molecule has 0 spiro atoms. The topological polar surface area (TPSA) is 101 Å². The third-order valence-electron chi connectivity index (χ3n) is 5.88. The molecule has 9 nitrogen and oxygen atoms in total. The van der Waals surface area contributed by atoms with E-state index in [9.17, 15) is 4.79 Å². The highest BCUT2D eigenvalue weighted by atomic mass is 35.5. The van der Waals surface area contributed by atoms with E-state index in [1.807, 2.05) is 32.0 Å². The molecule has 4 aromatic heterocycles. The maximum Gasteiger partial charge on any atom is 0.293 e. The molecule has 162 valence electrons. The molecule has 1 fully saturated rings. The van der Waals surface area contributed by atoms with Crippen molar-refractivity contribution in [2.45, 2.75) is 32.4 Å². The lowest BCUT2D eigenvalue weighted by Crippen LogP contribution is -2.39. The maximum absolute atomic E-state index is 13.9. The molecule has 1 aliphatic rings. The third-order valence-corrected chi connectivity index (χ3v) is 6.19. The SMILES string of the molecule is Cc1ccc(-c2nc(-c3ncn4c3c(=O)n(C3(C)CCCO3)c3c(Cl)cccc34)no2)o1. The van der Waals surface area contributed by atoms with Crippen LogP contribution in [-0.2, 0) is 10.5 Å². The average molecular weight is 452 g/mol. The number of imidazole rings is 1. The molecule has 10 heteroatoms. The number of hydrogen-bond donors (Lipinski definition) is 0. The Kier molecular flexibility index (Phi) is 4.08.